The zero-order chi connectivity index (χ0) is 24.2. The van der Waals surface area contributed by atoms with Crippen molar-refractivity contribution in [3.05, 3.63) is 59.7 Å². The van der Waals surface area contributed by atoms with Crippen LogP contribution in [0.3, 0.4) is 0 Å². The second kappa shape index (κ2) is 10.2. The lowest BCUT2D eigenvalue weighted by molar-refractivity contribution is -0.147. The highest BCUT2D eigenvalue weighted by molar-refractivity contribution is 5.86. The number of carboxylic acids is 1. The molecular weight excluding hydrogens is 440 g/mol. The van der Waals surface area contributed by atoms with Crippen LogP contribution in [0.25, 0.3) is 11.1 Å². The van der Waals surface area contributed by atoms with Crippen molar-refractivity contribution in [1.82, 2.24) is 10.6 Å². The number of benzene rings is 2. The van der Waals surface area contributed by atoms with Crippen LogP contribution in [0, 0.1) is 0 Å². The number of hydrogen-bond acceptors (Lipinski definition) is 6. The smallest absolute Gasteiger partial charge is 0.407 e. The van der Waals surface area contributed by atoms with Crippen LogP contribution in [0.4, 0.5) is 4.79 Å². The first-order valence-electron chi connectivity index (χ1n) is 11.3. The molecule has 34 heavy (non-hydrogen) atoms. The molecule has 0 bridgehead atoms. The third-order valence-electron chi connectivity index (χ3n) is 6.26. The Kier molecular flexibility index (Phi) is 7.14. The van der Waals surface area contributed by atoms with Crippen LogP contribution < -0.4 is 10.6 Å². The summed E-state index contributed by atoms with van der Waals surface area (Å²) in [7, 11) is 0. The Morgan fingerprint density at radius 3 is 2.26 bits per heavy atom. The van der Waals surface area contributed by atoms with Crippen LogP contribution in [0.5, 0.6) is 0 Å². The van der Waals surface area contributed by atoms with Crippen molar-refractivity contribution >= 4 is 18.0 Å². The van der Waals surface area contributed by atoms with E-state index in [1.807, 2.05) is 36.4 Å². The van der Waals surface area contributed by atoms with Gasteiger partial charge in [-0.1, -0.05) is 48.5 Å². The molecule has 0 aromatic heterocycles. The number of carbonyl (C=O) groups is 3. The van der Waals surface area contributed by atoms with Crippen LogP contribution in [0.2, 0.25) is 0 Å². The average Bonchev–Trinajstić information content (AvgIpc) is 3.42. The zero-order valence-corrected chi connectivity index (χ0v) is 18.8. The molecular formula is C25H28N2O7. The number of carbonyl (C=O) groups excluding carboxylic acids is 2. The lowest BCUT2D eigenvalue weighted by Gasteiger charge is -2.20. The molecule has 2 aromatic rings. The molecule has 2 amide bonds. The molecule has 1 saturated heterocycles. The van der Waals surface area contributed by atoms with Crippen molar-refractivity contribution in [2.45, 2.75) is 50.0 Å². The molecule has 1 fully saturated rings. The molecule has 4 rings (SSSR count). The van der Waals surface area contributed by atoms with E-state index in [4.69, 9.17) is 14.6 Å². The van der Waals surface area contributed by atoms with Crippen LogP contribution in [-0.2, 0) is 19.1 Å². The van der Waals surface area contributed by atoms with Crippen LogP contribution in [-0.4, -0.2) is 65.7 Å². The molecule has 1 aliphatic heterocycles. The highest BCUT2D eigenvalue weighted by atomic mass is 16.6. The van der Waals surface area contributed by atoms with Gasteiger partial charge in [0.1, 0.15) is 12.7 Å². The lowest BCUT2D eigenvalue weighted by atomic mass is 9.98. The van der Waals surface area contributed by atoms with E-state index in [0.29, 0.717) is 12.8 Å². The minimum absolute atomic E-state index is 0.0370. The molecule has 9 nitrogen and oxygen atoms in total. The van der Waals surface area contributed by atoms with Gasteiger partial charge in [-0.25, -0.2) is 9.59 Å². The van der Waals surface area contributed by atoms with E-state index in [9.17, 15) is 19.5 Å². The summed E-state index contributed by atoms with van der Waals surface area (Å²) in [5.74, 6) is -1.96. The van der Waals surface area contributed by atoms with Crippen LogP contribution in [0.1, 0.15) is 36.8 Å². The maximum absolute atomic E-state index is 12.3. The number of fused-ring (bicyclic) bond motifs is 3. The SMILES string of the molecule is CC(O)C(NC(=O)C1CCC(CNC(=O)OCC2c3ccccc3-c3ccccc32)O1)C(=O)O. The van der Waals surface area contributed by atoms with Crippen molar-refractivity contribution < 1.29 is 34.1 Å². The molecule has 180 valence electrons. The van der Waals surface area contributed by atoms with E-state index in [-0.39, 0.29) is 19.1 Å². The van der Waals surface area contributed by atoms with Crippen molar-refractivity contribution in [3.63, 3.8) is 0 Å². The van der Waals surface area contributed by atoms with Gasteiger partial charge in [0, 0.05) is 12.5 Å². The Labute approximate surface area is 197 Å². The highest BCUT2D eigenvalue weighted by Gasteiger charge is 2.34. The zero-order valence-electron chi connectivity index (χ0n) is 18.8. The summed E-state index contributed by atoms with van der Waals surface area (Å²) < 4.78 is 11.1. The Hall–Kier alpha value is -3.43. The summed E-state index contributed by atoms with van der Waals surface area (Å²) in [6.07, 6.45) is -2.14. The molecule has 4 unspecified atom stereocenters. The van der Waals surface area contributed by atoms with Gasteiger partial charge in [0.2, 0.25) is 5.91 Å². The van der Waals surface area contributed by atoms with Gasteiger partial charge in [-0.05, 0) is 42.0 Å². The van der Waals surface area contributed by atoms with E-state index < -0.39 is 42.3 Å². The monoisotopic (exact) mass is 468 g/mol. The number of carboxylic acid groups (broad SMARTS) is 1. The van der Waals surface area contributed by atoms with Gasteiger partial charge in [-0.15, -0.1) is 0 Å². The number of aliphatic carboxylic acids is 1. The largest absolute Gasteiger partial charge is 0.480 e. The molecule has 1 heterocycles. The molecule has 0 saturated carbocycles. The molecule has 2 aromatic carbocycles. The third kappa shape index (κ3) is 5.05. The predicted molar refractivity (Wildman–Crippen MR) is 122 cm³/mol. The molecule has 4 atom stereocenters. The predicted octanol–water partition coefficient (Wildman–Crippen LogP) is 2.02. The van der Waals surface area contributed by atoms with E-state index in [2.05, 4.69) is 22.8 Å². The number of rotatable bonds is 8. The maximum atomic E-state index is 12.3. The van der Waals surface area contributed by atoms with Gasteiger partial charge in [0.15, 0.2) is 6.04 Å². The van der Waals surface area contributed by atoms with E-state index in [1.165, 1.54) is 6.92 Å². The first kappa shape index (κ1) is 23.7. The van der Waals surface area contributed by atoms with Gasteiger partial charge < -0.3 is 30.3 Å². The first-order chi connectivity index (χ1) is 16.3. The normalized spacial score (nSPS) is 20.6. The number of aliphatic hydroxyl groups excluding tert-OH is 1. The Balaban J connectivity index is 1.25. The quantitative estimate of drug-likeness (QED) is 0.466. The number of ether oxygens (including phenoxy) is 2. The van der Waals surface area contributed by atoms with Crippen molar-refractivity contribution in [2.24, 2.45) is 0 Å². The number of hydrogen-bond donors (Lipinski definition) is 4. The van der Waals surface area contributed by atoms with Crippen LogP contribution in [0.15, 0.2) is 48.5 Å². The van der Waals surface area contributed by atoms with Gasteiger partial charge >= 0.3 is 12.1 Å². The standard InChI is InChI=1S/C25H28N2O7/c1-14(28)22(24(30)31)27-23(29)21-11-10-15(34-21)12-26-25(32)33-13-20-18-8-4-2-6-16(18)17-7-3-5-9-19(17)20/h2-9,14-15,20-22,28H,10-13H2,1H3,(H,26,32)(H,27,29)(H,30,31). The second-order valence-corrected chi connectivity index (χ2v) is 8.60. The summed E-state index contributed by atoms with van der Waals surface area (Å²) in [5, 5.41) is 23.6. The van der Waals surface area contributed by atoms with E-state index >= 15 is 0 Å². The second-order valence-electron chi connectivity index (χ2n) is 8.60. The van der Waals surface area contributed by atoms with E-state index in [1.54, 1.807) is 0 Å². The summed E-state index contributed by atoms with van der Waals surface area (Å²) >= 11 is 0. The van der Waals surface area contributed by atoms with Gasteiger partial charge in [0.05, 0.1) is 12.2 Å². The summed E-state index contributed by atoms with van der Waals surface area (Å²) in [4.78, 5) is 35.8. The highest BCUT2D eigenvalue weighted by Crippen LogP contribution is 2.44. The van der Waals surface area contributed by atoms with Gasteiger partial charge in [0.25, 0.3) is 0 Å². The number of amides is 2. The first-order valence-corrected chi connectivity index (χ1v) is 11.3. The fraction of sp³-hybridized carbons (Fsp3) is 0.400. The Morgan fingerprint density at radius 2 is 1.68 bits per heavy atom. The molecule has 1 aliphatic carbocycles. The Morgan fingerprint density at radius 1 is 1.06 bits per heavy atom. The number of aliphatic hydroxyl groups is 1. The molecule has 0 radical (unpaired) electrons. The van der Waals surface area contributed by atoms with Gasteiger partial charge in [-0.3, -0.25) is 4.79 Å². The average molecular weight is 469 g/mol. The van der Waals surface area contributed by atoms with Crippen molar-refractivity contribution in [3.8, 4) is 11.1 Å². The maximum Gasteiger partial charge on any atom is 0.407 e. The summed E-state index contributed by atoms with van der Waals surface area (Å²) in [6, 6.07) is 14.8. The lowest BCUT2D eigenvalue weighted by Crippen LogP contribution is -2.50. The van der Waals surface area contributed by atoms with Crippen LogP contribution >= 0.6 is 0 Å². The van der Waals surface area contributed by atoms with Gasteiger partial charge in [-0.2, -0.15) is 0 Å². The van der Waals surface area contributed by atoms with E-state index in [0.717, 1.165) is 22.3 Å². The third-order valence-corrected chi connectivity index (χ3v) is 6.26. The van der Waals surface area contributed by atoms with Crippen molar-refractivity contribution in [1.29, 1.82) is 0 Å². The molecule has 4 N–H and O–H groups in total. The fourth-order valence-electron chi connectivity index (χ4n) is 4.53. The number of nitrogens with one attached hydrogen (secondary N) is 2. The summed E-state index contributed by atoms with van der Waals surface area (Å²) in [6.45, 7) is 1.65. The molecule has 9 heteroatoms. The molecule has 0 spiro atoms. The minimum atomic E-state index is -1.41. The molecule has 2 aliphatic rings. The Bertz CT molecular complexity index is 1030. The fourth-order valence-corrected chi connectivity index (χ4v) is 4.53. The topological polar surface area (TPSA) is 134 Å². The number of alkyl carbamates (subject to hydrolysis) is 1. The van der Waals surface area contributed by atoms with Crippen molar-refractivity contribution in [2.75, 3.05) is 13.2 Å². The summed E-state index contributed by atoms with van der Waals surface area (Å²) in [5.41, 5.74) is 4.55. The minimum Gasteiger partial charge on any atom is -0.480 e.